The number of piperidine rings is 1. The number of benzene rings is 1. The smallest absolute Gasteiger partial charge is 0.320 e. The second-order valence-electron chi connectivity index (χ2n) is 6.65. The average Bonchev–Trinajstić information content (AvgIpc) is 2.62. The van der Waals surface area contributed by atoms with Gasteiger partial charge in [-0.2, -0.15) is 0 Å². The second kappa shape index (κ2) is 8.29. The Balaban J connectivity index is 1.42. The first-order valence-electron chi connectivity index (χ1n) is 8.93. The Labute approximate surface area is 147 Å². The number of carbonyl (C=O) groups is 2. The summed E-state index contributed by atoms with van der Waals surface area (Å²) in [5.41, 5.74) is 0.462. The van der Waals surface area contributed by atoms with Gasteiger partial charge in [0.2, 0.25) is 5.91 Å². The zero-order chi connectivity index (χ0) is 17.6. The Kier molecular flexibility index (Phi) is 5.86. The predicted octanol–water partition coefficient (Wildman–Crippen LogP) is 1.99. The molecule has 25 heavy (non-hydrogen) atoms. The van der Waals surface area contributed by atoms with E-state index < -0.39 is 0 Å². The summed E-state index contributed by atoms with van der Waals surface area (Å²) in [6, 6.07) is 6.00. The number of nitrogens with zero attached hydrogens (tertiary/aromatic N) is 3. The third-order valence-electron chi connectivity index (χ3n) is 4.74. The molecule has 0 spiro atoms. The van der Waals surface area contributed by atoms with E-state index in [4.69, 9.17) is 0 Å². The molecule has 2 heterocycles. The minimum absolute atomic E-state index is 0.128. The van der Waals surface area contributed by atoms with Gasteiger partial charge in [-0.1, -0.05) is 6.07 Å². The molecule has 0 atom stereocenters. The van der Waals surface area contributed by atoms with E-state index in [-0.39, 0.29) is 24.3 Å². The van der Waals surface area contributed by atoms with Crippen LogP contribution in [0.15, 0.2) is 24.3 Å². The van der Waals surface area contributed by atoms with Gasteiger partial charge in [-0.3, -0.25) is 9.69 Å². The summed E-state index contributed by atoms with van der Waals surface area (Å²) in [4.78, 5) is 30.4. The topological polar surface area (TPSA) is 55.9 Å². The van der Waals surface area contributed by atoms with Crippen molar-refractivity contribution in [1.82, 2.24) is 14.7 Å². The minimum Gasteiger partial charge on any atom is -0.325 e. The van der Waals surface area contributed by atoms with Crippen molar-refractivity contribution in [3.05, 3.63) is 30.1 Å². The van der Waals surface area contributed by atoms with Crippen molar-refractivity contribution in [1.29, 1.82) is 0 Å². The van der Waals surface area contributed by atoms with Gasteiger partial charge >= 0.3 is 6.03 Å². The van der Waals surface area contributed by atoms with E-state index in [9.17, 15) is 14.0 Å². The van der Waals surface area contributed by atoms with E-state index in [2.05, 4.69) is 5.32 Å². The van der Waals surface area contributed by atoms with E-state index in [0.29, 0.717) is 31.9 Å². The molecule has 0 radical (unpaired) electrons. The lowest BCUT2D eigenvalue weighted by atomic mass is 10.1. The lowest BCUT2D eigenvalue weighted by molar-refractivity contribution is -0.117. The third-order valence-corrected chi connectivity index (χ3v) is 4.74. The molecule has 1 aromatic carbocycles. The Morgan fingerprint density at radius 1 is 0.960 bits per heavy atom. The van der Waals surface area contributed by atoms with Gasteiger partial charge in [-0.05, 0) is 37.5 Å². The largest absolute Gasteiger partial charge is 0.325 e. The maximum absolute atomic E-state index is 13.1. The number of likely N-dealkylation sites (tertiary alicyclic amines) is 1. The molecule has 0 saturated carbocycles. The minimum atomic E-state index is -0.373. The van der Waals surface area contributed by atoms with Crippen LogP contribution in [0.5, 0.6) is 0 Å². The summed E-state index contributed by atoms with van der Waals surface area (Å²) in [5.74, 6) is -0.538. The van der Waals surface area contributed by atoms with Gasteiger partial charge in [0.15, 0.2) is 0 Å². The molecule has 3 rings (SSSR count). The van der Waals surface area contributed by atoms with E-state index in [0.717, 1.165) is 25.9 Å². The van der Waals surface area contributed by atoms with Gasteiger partial charge in [0, 0.05) is 45.0 Å². The summed E-state index contributed by atoms with van der Waals surface area (Å²) >= 11 is 0. The first-order chi connectivity index (χ1) is 12.1. The molecule has 1 N–H and O–H groups in total. The van der Waals surface area contributed by atoms with Crippen LogP contribution >= 0.6 is 0 Å². The highest BCUT2D eigenvalue weighted by atomic mass is 19.1. The standard InChI is InChI=1S/C18H25FN4O2/c19-15-5-4-6-16(13-15)20-17(24)14-21-9-11-23(12-10-21)18(25)22-7-2-1-3-8-22/h4-6,13H,1-3,7-12,14H2,(H,20,24). The number of anilines is 1. The van der Waals surface area contributed by atoms with Crippen molar-refractivity contribution in [3.8, 4) is 0 Å². The SMILES string of the molecule is O=C(CN1CCN(C(=O)N2CCCCC2)CC1)Nc1cccc(F)c1. The van der Waals surface area contributed by atoms with E-state index in [1.54, 1.807) is 12.1 Å². The van der Waals surface area contributed by atoms with Gasteiger partial charge in [-0.25, -0.2) is 9.18 Å². The van der Waals surface area contributed by atoms with Gasteiger partial charge < -0.3 is 15.1 Å². The van der Waals surface area contributed by atoms with Crippen LogP contribution in [0.3, 0.4) is 0 Å². The van der Waals surface area contributed by atoms with Gasteiger partial charge in [0.05, 0.1) is 6.54 Å². The number of carbonyl (C=O) groups excluding carboxylic acids is 2. The molecule has 2 fully saturated rings. The fourth-order valence-electron chi connectivity index (χ4n) is 3.35. The summed E-state index contributed by atoms with van der Waals surface area (Å²) in [5, 5.41) is 2.71. The van der Waals surface area contributed by atoms with Crippen LogP contribution in [0.1, 0.15) is 19.3 Å². The fraction of sp³-hybridized carbons (Fsp3) is 0.556. The quantitative estimate of drug-likeness (QED) is 0.909. The molecule has 0 unspecified atom stereocenters. The number of amides is 3. The van der Waals surface area contributed by atoms with Crippen LogP contribution in [0, 0.1) is 5.82 Å². The number of hydrogen-bond donors (Lipinski definition) is 1. The van der Waals surface area contributed by atoms with Crippen molar-refractivity contribution < 1.29 is 14.0 Å². The van der Waals surface area contributed by atoms with Gasteiger partial charge in [0.1, 0.15) is 5.82 Å². The van der Waals surface area contributed by atoms with Crippen molar-refractivity contribution >= 4 is 17.6 Å². The van der Waals surface area contributed by atoms with Crippen molar-refractivity contribution in [2.45, 2.75) is 19.3 Å². The summed E-state index contributed by atoms with van der Waals surface area (Å²) in [6.07, 6.45) is 3.38. The molecule has 2 aliphatic rings. The molecule has 6 nitrogen and oxygen atoms in total. The molecule has 0 bridgehead atoms. The molecule has 3 amide bonds. The number of hydrogen-bond acceptors (Lipinski definition) is 3. The molecule has 1 aromatic rings. The molecule has 136 valence electrons. The second-order valence-corrected chi connectivity index (χ2v) is 6.65. The highest BCUT2D eigenvalue weighted by Crippen LogP contribution is 2.13. The van der Waals surface area contributed by atoms with Gasteiger partial charge in [0.25, 0.3) is 0 Å². The monoisotopic (exact) mass is 348 g/mol. The van der Waals surface area contributed by atoms with Crippen LogP contribution in [0.25, 0.3) is 0 Å². The highest BCUT2D eigenvalue weighted by molar-refractivity contribution is 5.92. The zero-order valence-corrected chi connectivity index (χ0v) is 14.4. The van der Waals surface area contributed by atoms with Crippen LogP contribution < -0.4 is 5.32 Å². The summed E-state index contributed by atoms with van der Waals surface area (Å²) < 4.78 is 13.1. The van der Waals surface area contributed by atoms with E-state index in [1.807, 2.05) is 14.7 Å². The number of piperazine rings is 1. The molecular weight excluding hydrogens is 323 g/mol. The maximum atomic E-state index is 13.1. The highest BCUT2D eigenvalue weighted by Gasteiger charge is 2.26. The van der Waals surface area contributed by atoms with Crippen LogP contribution in [-0.4, -0.2) is 72.5 Å². The zero-order valence-electron chi connectivity index (χ0n) is 14.4. The molecule has 7 heteroatoms. The van der Waals surface area contributed by atoms with E-state index >= 15 is 0 Å². The Hall–Kier alpha value is -2.15. The Bertz CT molecular complexity index is 611. The molecule has 0 aromatic heterocycles. The number of urea groups is 1. The molecule has 2 saturated heterocycles. The number of halogens is 1. The first-order valence-corrected chi connectivity index (χ1v) is 8.93. The summed E-state index contributed by atoms with van der Waals surface area (Å²) in [6.45, 7) is 4.60. The summed E-state index contributed by atoms with van der Waals surface area (Å²) in [7, 11) is 0. The van der Waals surface area contributed by atoms with Crippen molar-refractivity contribution in [2.75, 3.05) is 51.1 Å². The van der Waals surface area contributed by atoms with E-state index in [1.165, 1.54) is 18.6 Å². The Morgan fingerprint density at radius 2 is 1.64 bits per heavy atom. The van der Waals surface area contributed by atoms with Crippen LogP contribution in [0.2, 0.25) is 0 Å². The third kappa shape index (κ3) is 4.92. The molecular formula is C18H25FN4O2. The normalized spacial score (nSPS) is 18.9. The number of nitrogens with one attached hydrogen (secondary N) is 1. The maximum Gasteiger partial charge on any atom is 0.320 e. The van der Waals surface area contributed by atoms with Crippen LogP contribution in [-0.2, 0) is 4.79 Å². The predicted molar refractivity (Wildman–Crippen MR) is 93.9 cm³/mol. The Morgan fingerprint density at radius 3 is 2.32 bits per heavy atom. The molecule has 0 aliphatic carbocycles. The molecule has 2 aliphatic heterocycles. The first kappa shape index (κ1) is 17.7. The lowest BCUT2D eigenvalue weighted by Crippen LogP contribution is -2.54. The fourth-order valence-corrected chi connectivity index (χ4v) is 3.35. The average molecular weight is 348 g/mol. The lowest BCUT2D eigenvalue weighted by Gasteiger charge is -2.38. The number of rotatable bonds is 3. The van der Waals surface area contributed by atoms with Crippen molar-refractivity contribution in [3.63, 3.8) is 0 Å². The van der Waals surface area contributed by atoms with Crippen LogP contribution in [0.4, 0.5) is 14.9 Å². The van der Waals surface area contributed by atoms with Gasteiger partial charge in [-0.15, -0.1) is 0 Å². The van der Waals surface area contributed by atoms with Crippen molar-refractivity contribution in [2.24, 2.45) is 0 Å².